The van der Waals surface area contributed by atoms with Gasteiger partial charge in [0.15, 0.2) is 0 Å². The maximum Gasteiger partial charge on any atom is 0.0728 e. The first-order chi connectivity index (χ1) is 16.1. The number of hydrogen-bond acceptors (Lipinski definition) is 3. The van der Waals surface area contributed by atoms with Crippen LogP contribution in [0, 0.1) is 0 Å². The van der Waals surface area contributed by atoms with E-state index in [1.165, 1.54) is 28.3 Å². The number of piperazine rings is 1. The molecule has 2 fully saturated rings. The van der Waals surface area contributed by atoms with Gasteiger partial charge in [-0.1, -0.05) is 79.4 Å². The molecule has 33 heavy (non-hydrogen) atoms. The van der Waals surface area contributed by atoms with Crippen molar-refractivity contribution in [2.75, 3.05) is 32.7 Å². The lowest BCUT2D eigenvalue weighted by Crippen LogP contribution is -2.50. The van der Waals surface area contributed by atoms with Gasteiger partial charge in [-0.3, -0.25) is 4.90 Å². The Balaban J connectivity index is 1.24. The third kappa shape index (κ3) is 5.44. The van der Waals surface area contributed by atoms with Crippen molar-refractivity contribution in [1.82, 2.24) is 9.80 Å². The van der Waals surface area contributed by atoms with Crippen molar-refractivity contribution in [3.8, 4) is 0 Å². The highest BCUT2D eigenvalue weighted by atomic mass is 35.5. The molecule has 3 nitrogen and oxygen atoms in total. The molecular formula is C29H35ClN2O. The highest BCUT2D eigenvalue weighted by Crippen LogP contribution is 2.41. The minimum Gasteiger partial charge on any atom is -0.389 e. The fraction of sp³-hybridized carbons (Fsp3) is 0.448. The number of aliphatic hydroxyl groups is 1. The van der Waals surface area contributed by atoms with Crippen molar-refractivity contribution in [2.45, 2.75) is 50.2 Å². The van der Waals surface area contributed by atoms with Crippen molar-refractivity contribution >= 4 is 22.4 Å². The van der Waals surface area contributed by atoms with Crippen molar-refractivity contribution < 1.29 is 5.11 Å². The Labute approximate surface area is 203 Å². The first-order valence-electron chi connectivity index (χ1n) is 12.5. The molecule has 1 saturated heterocycles. The second kappa shape index (κ2) is 10.1. The molecule has 5 rings (SSSR count). The van der Waals surface area contributed by atoms with Crippen LogP contribution in [0.4, 0.5) is 0 Å². The highest BCUT2D eigenvalue weighted by molar-refractivity contribution is 6.30. The standard InChI is InChI=1S/C29H35ClN2O/c30-27-10-6-9-26(20-27)28(29(33)13-4-1-5-14-29)22-32-17-15-31(16-18-32)21-23-11-12-24-7-2-3-8-25(24)19-23/h2-3,6-12,19-20,28,33H,1,4-5,13-18,21-22H2. The average Bonchev–Trinajstić information content (AvgIpc) is 2.84. The molecule has 0 spiro atoms. The van der Waals surface area contributed by atoms with Gasteiger partial charge in [0.25, 0.3) is 0 Å². The number of nitrogens with zero attached hydrogens (tertiary/aromatic N) is 2. The van der Waals surface area contributed by atoms with E-state index in [0.717, 1.165) is 70.0 Å². The predicted octanol–water partition coefficient (Wildman–Crippen LogP) is 6.09. The van der Waals surface area contributed by atoms with E-state index in [1.54, 1.807) is 0 Å². The third-order valence-corrected chi connectivity index (χ3v) is 7.98. The second-order valence-electron chi connectivity index (χ2n) is 10.0. The first kappa shape index (κ1) is 22.9. The molecule has 1 aliphatic carbocycles. The summed E-state index contributed by atoms with van der Waals surface area (Å²) in [5.41, 5.74) is 1.95. The number of rotatable bonds is 6. The lowest BCUT2D eigenvalue weighted by atomic mass is 9.72. The molecule has 3 aromatic carbocycles. The van der Waals surface area contributed by atoms with Crippen LogP contribution in [0.2, 0.25) is 5.02 Å². The summed E-state index contributed by atoms with van der Waals surface area (Å²) in [5, 5.41) is 15.0. The molecule has 1 heterocycles. The van der Waals surface area contributed by atoms with Gasteiger partial charge in [-0.15, -0.1) is 0 Å². The normalized spacial score (nSPS) is 20.7. The molecule has 2 aliphatic rings. The van der Waals surface area contributed by atoms with Crippen LogP contribution in [-0.4, -0.2) is 53.2 Å². The van der Waals surface area contributed by atoms with E-state index in [0.29, 0.717) is 0 Å². The zero-order valence-electron chi connectivity index (χ0n) is 19.4. The van der Waals surface area contributed by atoms with Crippen LogP contribution in [0.15, 0.2) is 66.7 Å². The molecule has 0 radical (unpaired) electrons. The van der Waals surface area contributed by atoms with Crippen molar-refractivity contribution in [2.24, 2.45) is 0 Å². The lowest BCUT2D eigenvalue weighted by Gasteiger charge is -2.43. The molecule has 1 unspecified atom stereocenters. The summed E-state index contributed by atoms with van der Waals surface area (Å²) >= 11 is 6.35. The number of fused-ring (bicyclic) bond motifs is 1. The molecule has 4 heteroatoms. The Kier molecular flexibility index (Phi) is 7.03. The summed E-state index contributed by atoms with van der Waals surface area (Å²) < 4.78 is 0. The maximum absolute atomic E-state index is 11.7. The van der Waals surface area contributed by atoms with Gasteiger partial charge in [-0.2, -0.15) is 0 Å². The smallest absolute Gasteiger partial charge is 0.0728 e. The average molecular weight is 463 g/mol. The minimum atomic E-state index is -0.620. The van der Waals surface area contributed by atoms with Gasteiger partial charge in [-0.05, 0) is 52.9 Å². The van der Waals surface area contributed by atoms with Gasteiger partial charge < -0.3 is 10.0 Å². The van der Waals surface area contributed by atoms with E-state index in [4.69, 9.17) is 11.6 Å². The molecular weight excluding hydrogens is 428 g/mol. The molecule has 1 aliphatic heterocycles. The van der Waals surface area contributed by atoms with Crippen molar-refractivity contribution in [1.29, 1.82) is 0 Å². The van der Waals surface area contributed by atoms with E-state index in [-0.39, 0.29) is 5.92 Å². The summed E-state index contributed by atoms with van der Waals surface area (Å²) in [7, 11) is 0. The van der Waals surface area contributed by atoms with E-state index < -0.39 is 5.60 Å². The van der Waals surface area contributed by atoms with Gasteiger partial charge in [0.2, 0.25) is 0 Å². The molecule has 1 atom stereocenters. The monoisotopic (exact) mass is 462 g/mol. The minimum absolute atomic E-state index is 0.114. The first-order valence-corrected chi connectivity index (χ1v) is 12.9. The SMILES string of the molecule is OC1(C(CN2CCN(Cc3ccc4ccccc4c3)CC2)c2cccc(Cl)c2)CCCCC1. The van der Waals surface area contributed by atoms with Gasteiger partial charge >= 0.3 is 0 Å². The number of halogens is 1. The molecule has 174 valence electrons. The summed E-state index contributed by atoms with van der Waals surface area (Å²) in [6.07, 6.45) is 5.26. The number of hydrogen-bond donors (Lipinski definition) is 1. The van der Waals surface area contributed by atoms with Crippen LogP contribution in [0.25, 0.3) is 10.8 Å². The maximum atomic E-state index is 11.7. The van der Waals surface area contributed by atoms with Crippen LogP contribution in [-0.2, 0) is 6.54 Å². The summed E-state index contributed by atoms with van der Waals surface area (Å²) in [6.45, 7) is 6.11. The quantitative estimate of drug-likeness (QED) is 0.480. The van der Waals surface area contributed by atoms with E-state index >= 15 is 0 Å². The Bertz CT molecular complexity index is 1070. The van der Waals surface area contributed by atoms with Crippen molar-refractivity contribution in [3.63, 3.8) is 0 Å². The molecule has 1 N–H and O–H groups in total. The Morgan fingerprint density at radius 3 is 2.27 bits per heavy atom. The van der Waals surface area contributed by atoms with Crippen LogP contribution in [0.1, 0.15) is 49.1 Å². The van der Waals surface area contributed by atoms with E-state index in [2.05, 4.69) is 64.4 Å². The molecule has 0 aromatic heterocycles. The molecule has 3 aromatic rings. The van der Waals surface area contributed by atoms with E-state index in [9.17, 15) is 5.11 Å². The predicted molar refractivity (Wildman–Crippen MR) is 138 cm³/mol. The molecule has 0 amide bonds. The second-order valence-corrected chi connectivity index (χ2v) is 10.5. The van der Waals surface area contributed by atoms with Crippen LogP contribution in [0.3, 0.4) is 0 Å². The van der Waals surface area contributed by atoms with Crippen molar-refractivity contribution in [3.05, 3.63) is 82.9 Å². The van der Waals surface area contributed by atoms with E-state index in [1.807, 2.05) is 12.1 Å². The zero-order valence-corrected chi connectivity index (χ0v) is 20.2. The third-order valence-electron chi connectivity index (χ3n) is 7.74. The van der Waals surface area contributed by atoms with Gasteiger partial charge in [0, 0.05) is 50.2 Å². The van der Waals surface area contributed by atoms with Gasteiger partial charge in [0.05, 0.1) is 5.60 Å². The van der Waals surface area contributed by atoms with Crippen LogP contribution >= 0.6 is 11.6 Å². The summed E-state index contributed by atoms with van der Waals surface area (Å²) in [4.78, 5) is 5.11. The van der Waals surface area contributed by atoms with Gasteiger partial charge in [-0.25, -0.2) is 0 Å². The number of benzene rings is 3. The molecule has 0 bridgehead atoms. The largest absolute Gasteiger partial charge is 0.389 e. The highest BCUT2D eigenvalue weighted by Gasteiger charge is 2.40. The Hall–Kier alpha value is -1.91. The van der Waals surface area contributed by atoms with Crippen LogP contribution < -0.4 is 0 Å². The lowest BCUT2D eigenvalue weighted by molar-refractivity contribution is -0.0344. The van der Waals surface area contributed by atoms with Gasteiger partial charge in [0.1, 0.15) is 0 Å². The molecule has 1 saturated carbocycles. The Morgan fingerprint density at radius 2 is 1.52 bits per heavy atom. The fourth-order valence-electron chi connectivity index (χ4n) is 5.80. The summed E-state index contributed by atoms with van der Waals surface area (Å²) in [6, 6.07) is 23.6. The van der Waals surface area contributed by atoms with Crippen LogP contribution in [0.5, 0.6) is 0 Å². The summed E-state index contributed by atoms with van der Waals surface area (Å²) in [5.74, 6) is 0.114. The fourth-order valence-corrected chi connectivity index (χ4v) is 6.00. The Morgan fingerprint density at radius 1 is 0.788 bits per heavy atom. The zero-order chi connectivity index (χ0) is 22.7. The topological polar surface area (TPSA) is 26.7 Å².